The van der Waals surface area contributed by atoms with Crippen LogP contribution in [-0.2, 0) is 11.2 Å². The van der Waals surface area contributed by atoms with Crippen molar-refractivity contribution in [2.24, 2.45) is 11.1 Å². The molecular formula is C15H25N3O. The lowest BCUT2D eigenvalue weighted by atomic mass is 9.68. The molecule has 2 rings (SSSR count). The van der Waals surface area contributed by atoms with Gasteiger partial charge in [0.05, 0.1) is 0 Å². The van der Waals surface area contributed by atoms with E-state index in [-0.39, 0.29) is 11.3 Å². The molecule has 1 saturated carbocycles. The normalized spacial score (nSPS) is 16.9. The Bertz CT molecular complexity index is 390. The quantitative estimate of drug-likeness (QED) is 0.789. The highest BCUT2D eigenvalue weighted by Crippen LogP contribution is 2.40. The number of hydrogen-bond acceptors (Lipinski definition) is 2. The van der Waals surface area contributed by atoms with Gasteiger partial charge < -0.3 is 15.6 Å². The van der Waals surface area contributed by atoms with E-state index >= 15 is 0 Å². The minimum atomic E-state index is 0.213. The third-order valence-electron chi connectivity index (χ3n) is 4.36. The van der Waals surface area contributed by atoms with Crippen LogP contribution in [0.3, 0.4) is 0 Å². The minimum absolute atomic E-state index is 0.213. The Kier molecular flexibility index (Phi) is 4.64. The predicted octanol–water partition coefficient (Wildman–Crippen LogP) is 1.92. The summed E-state index contributed by atoms with van der Waals surface area (Å²) < 4.78 is 0. The molecule has 1 heterocycles. The van der Waals surface area contributed by atoms with Gasteiger partial charge in [-0.2, -0.15) is 0 Å². The number of nitrogens with two attached hydrogens (primary N) is 1. The van der Waals surface area contributed by atoms with Crippen molar-refractivity contribution in [2.45, 2.75) is 38.5 Å². The molecule has 0 bridgehead atoms. The maximum Gasteiger partial charge on any atom is 0.222 e. The third-order valence-corrected chi connectivity index (χ3v) is 4.36. The van der Waals surface area contributed by atoms with Crippen LogP contribution in [0.2, 0.25) is 0 Å². The summed E-state index contributed by atoms with van der Waals surface area (Å²) in [6, 6.07) is 2.06. The molecule has 4 heteroatoms. The zero-order valence-electron chi connectivity index (χ0n) is 11.8. The summed E-state index contributed by atoms with van der Waals surface area (Å²) in [6.45, 7) is 1.53. The van der Waals surface area contributed by atoms with Crippen molar-refractivity contribution in [3.8, 4) is 0 Å². The fraction of sp³-hybridized carbons (Fsp3) is 0.667. The van der Waals surface area contributed by atoms with Crippen LogP contribution in [-0.4, -0.2) is 35.9 Å². The molecule has 1 aliphatic carbocycles. The van der Waals surface area contributed by atoms with E-state index in [1.165, 1.54) is 24.8 Å². The molecule has 1 aromatic rings. The third kappa shape index (κ3) is 3.60. The van der Waals surface area contributed by atoms with E-state index in [0.29, 0.717) is 13.0 Å². The average molecular weight is 263 g/mol. The van der Waals surface area contributed by atoms with Crippen LogP contribution >= 0.6 is 0 Å². The molecule has 1 fully saturated rings. The first-order chi connectivity index (χ1) is 9.15. The molecule has 1 aliphatic rings. The monoisotopic (exact) mass is 263 g/mol. The molecule has 0 saturated heterocycles. The SMILES string of the molecule is CN(CC1(CN)CCC1)C(=O)CCCc1cc[nH]c1. The van der Waals surface area contributed by atoms with E-state index in [1.54, 1.807) is 0 Å². The first kappa shape index (κ1) is 14.1. The number of hydrogen-bond donors (Lipinski definition) is 2. The van der Waals surface area contributed by atoms with Crippen molar-refractivity contribution < 1.29 is 4.79 Å². The van der Waals surface area contributed by atoms with Gasteiger partial charge in [0.15, 0.2) is 0 Å². The number of H-pyrrole nitrogens is 1. The first-order valence-electron chi connectivity index (χ1n) is 7.21. The fourth-order valence-corrected chi connectivity index (χ4v) is 2.84. The Hall–Kier alpha value is -1.29. The summed E-state index contributed by atoms with van der Waals surface area (Å²) >= 11 is 0. The van der Waals surface area contributed by atoms with Crippen LogP contribution < -0.4 is 5.73 Å². The Labute approximate surface area is 115 Å². The number of rotatable bonds is 7. The van der Waals surface area contributed by atoms with Crippen LogP contribution in [0.15, 0.2) is 18.5 Å². The topological polar surface area (TPSA) is 62.1 Å². The molecule has 0 spiro atoms. The van der Waals surface area contributed by atoms with Crippen LogP contribution in [0.5, 0.6) is 0 Å². The summed E-state index contributed by atoms with van der Waals surface area (Å²) in [4.78, 5) is 17.0. The number of amides is 1. The average Bonchev–Trinajstić information content (AvgIpc) is 2.86. The summed E-state index contributed by atoms with van der Waals surface area (Å²) in [5, 5.41) is 0. The highest BCUT2D eigenvalue weighted by Gasteiger charge is 2.37. The van der Waals surface area contributed by atoms with E-state index in [2.05, 4.69) is 11.1 Å². The number of carbonyl (C=O) groups excluding carboxylic acids is 1. The van der Waals surface area contributed by atoms with E-state index in [4.69, 9.17) is 5.73 Å². The van der Waals surface area contributed by atoms with Gasteiger partial charge in [-0.3, -0.25) is 4.79 Å². The smallest absolute Gasteiger partial charge is 0.222 e. The second kappa shape index (κ2) is 6.24. The van der Waals surface area contributed by atoms with Crippen LogP contribution in [0.4, 0.5) is 0 Å². The van der Waals surface area contributed by atoms with Gasteiger partial charge in [0.2, 0.25) is 5.91 Å². The minimum Gasteiger partial charge on any atom is -0.367 e. The second-order valence-electron chi connectivity index (χ2n) is 5.88. The van der Waals surface area contributed by atoms with Crippen molar-refractivity contribution >= 4 is 5.91 Å². The maximum atomic E-state index is 12.1. The zero-order valence-corrected chi connectivity index (χ0v) is 11.8. The lowest BCUT2D eigenvalue weighted by Crippen LogP contribution is -2.47. The number of nitrogens with one attached hydrogen (secondary N) is 1. The predicted molar refractivity (Wildman–Crippen MR) is 76.7 cm³/mol. The molecule has 3 N–H and O–H groups in total. The first-order valence-corrected chi connectivity index (χ1v) is 7.21. The van der Waals surface area contributed by atoms with Gasteiger partial charge in [-0.25, -0.2) is 0 Å². The standard InChI is InChI=1S/C15H25N3O/c1-18(12-15(11-16)7-3-8-15)14(19)5-2-4-13-6-9-17-10-13/h6,9-10,17H,2-5,7-8,11-12,16H2,1H3. The van der Waals surface area contributed by atoms with Gasteiger partial charge in [-0.15, -0.1) is 0 Å². The fourth-order valence-electron chi connectivity index (χ4n) is 2.84. The number of nitrogens with zero attached hydrogens (tertiary/aromatic N) is 1. The van der Waals surface area contributed by atoms with E-state index in [1.807, 2.05) is 24.3 Å². The summed E-state index contributed by atoms with van der Waals surface area (Å²) in [5.41, 5.74) is 7.32. The summed E-state index contributed by atoms with van der Waals surface area (Å²) in [5.74, 6) is 0.246. The van der Waals surface area contributed by atoms with Crippen molar-refractivity contribution in [2.75, 3.05) is 20.1 Å². The van der Waals surface area contributed by atoms with E-state index in [9.17, 15) is 4.79 Å². The molecule has 106 valence electrons. The van der Waals surface area contributed by atoms with Crippen LogP contribution in [0.1, 0.15) is 37.7 Å². The lowest BCUT2D eigenvalue weighted by Gasteiger charge is -2.43. The molecule has 0 aliphatic heterocycles. The number of carbonyl (C=O) groups is 1. The van der Waals surface area contributed by atoms with Gasteiger partial charge in [-0.05, 0) is 43.9 Å². The zero-order chi connectivity index (χ0) is 13.7. The van der Waals surface area contributed by atoms with Gasteiger partial charge in [0.1, 0.15) is 0 Å². The molecule has 1 aromatic heterocycles. The Balaban J connectivity index is 1.70. The van der Waals surface area contributed by atoms with Crippen molar-refractivity contribution in [1.82, 2.24) is 9.88 Å². The highest BCUT2D eigenvalue weighted by atomic mass is 16.2. The van der Waals surface area contributed by atoms with E-state index in [0.717, 1.165) is 19.4 Å². The second-order valence-corrected chi connectivity index (χ2v) is 5.88. The molecule has 1 amide bonds. The molecule has 0 radical (unpaired) electrons. The summed E-state index contributed by atoms with van der Waals surface area (Å²) in [7, 11) is 1.91. The number of aryl methyl sites for hydroxylation is 1. The highest BCUT2D eigenvalue weighted by molar-refractivity contribution is 5.75. The van der Waals surface area contributed by atoms with Crippen LogP contribution in [0.25, 0.3) is 0 Å². The maximum absolute atomic E-state index is 12.1. The Morgan fingerprint density at radius 3 is 2.84 bits per heavy atom. The van der Waals surface area contributed by atoms with Crippen LogP contribution in [0, 0.1) is 5.41 Å². The summed E-state index contributed by atoms with van der Waals surface area (Å²) in [6.07, 6.45) is 10.0. The molecular weight excluding hydrogens is 238 g/mol. The Morgan fingerprint density at radius 1 is 1.53 bits per heavy atom. The lowest BCUT2D eigenvalue weighted by molar-refractivity contribution is -0.132. The van der Waals surface area contributed by atoms with Crippen molar-refractivity contribution in [3.05, 3.63) is 24.0 Å². The molecule has 19 heavy (non-hydrogen) atoms. The van der Waals surface area contributed by atoms with Crippen molar-refractivity contribution in [3.63, 3.8) is 0 Å². The number of aromatic nitrogens is 1. The largest absolute Gasteiger partial charge is 0.367 e. The van der Waals surface area contributed by atoms with E-state index < -0.39 is 0 Å². The van der Waals surface area contributed by atoms with Gasteiger partial charge in [-0.1, -0.05) is 6.42 Å². The van der Waals surface area contributed by atoms with Crippen molar-refractivity contribution in [1.29, 1.82) is 0 Å². The van der Waals surface area contributed by atoms with Gasteiger partial charge in [0, 0.05) is 37.8 Å². The molecule has 0 atom stereocenters. The van der Waals surface area contributed by atoms with Gasteiger partial charge >= 0.3 is 0 Å². The Morgan fingerprint density at radius 2 is 2.32 bits per heavy atom. The molecule has 4 nitrogen and oxygen atoms in total. The van der Waals surface area contributed by atoms with Gasteiger partial charge in [0.25, 0.3) is 0 Å². The molecule has 0 unspecified atom stereocenters. The molecule has 0 aromatic carbocycles. The number of aromatic amines is 1.